The van der Waals surface area contributed by atoms with Gasteiger partial charge in [0.15, 0.2) is 0 Å². The number of sulfonamides is 1. The first-order valence-corrected chi connectivity index (χ1v) is 9.09. The lowest BCUT2D eigenvalue weighted by Gasteiger charge is -2.16. The zero-order chi connectivity index (χ0) is 14.0. The second kappa shape index (κ2) is 6.15. The van der Waals surface area contributed by atoms with E-state index >= 15 is 0 Å². The molecular weight excluding hydrogens is 399 g/mol. The van der Waals surface area contributed by atoms with Crippen LogP contribution in [-0.2, 0) is 10.0 Å². The molecule has 0 bridgehead atoms. The van der Waals surface area contributed by atoms with Crippen LogP contribution in [0.5, 0.6) is 0 Å². The fraction of sp³-hybridized carbons (Fsp3) is 0.500. The van der Waals surface area contributed by atoms with Crippen molar-refractivity contribution in [2.24, 2.45) is 0 Å². The molecule has 106 valence electrons. The van der Waals surface area contributed by atoms with Crippen molar-refractivity contribution >= 4 is 49.9 Å². The molecule has 1 atom stereocenters. The van der Waals surface area contributed by atoms with Crippen LogP contribution in [0, 0.1) is 3.57 Å². The zero-order valence-electron chi connectivity index (χ0n) is 10.5. The van der Waals surface area contributed by atoms with Crippen molar-refractivity contribution in [3.05, 3.63) is 26.8 Å². The van der Waals surface area contributed by atoms with Crippen molar-refractivity contribution in [3.63, 3.8) is 0 Å². The van der Waals surface area contributed by atoms with Gasteiger partial charge in [-0.3, -0.25) is 4.72 Å². The monoisotopic (exact) mass is 414 g/mol. The Morgan fingerprint density at radius 2 is 2.16 bits per heavy atom. The van der Waals surface area contributed by atoms with E-state index in [-0.39, 0.29) is 0 Å². The van der Waals surface area contributed by atoms with E-state index in [4.69, 9.17) is 11.6 Å². The molecule has 1 aromatic rings. The van der Waals surface area contributed by atoms with E-state index in [0.29, 0.717) is 23.3 Å². The molecule has 1 aromatic carbocycles. The van der Waals surface area contributed by atoms with Gasteiger partial charge in [-0.1, -0.05) is 11.6 Å². The third-order valence-electron chi connectivity index (χ3n) is 2.98. The molecule has 0 radical (unpaired) electrons. The fourth-order valence-electron chi connectivity index (χ4n) is 1.56. The summed E-state index contributed by atoms with van der Waals surface area (Å²) in [7, 11) is -3.38. The molecule has 7 heteroatoms. The van der Waals surface area contributed by atoms with Crippen molar-refractivity contribution in [2.45, 2.75) is 31.1 Å². The van der Waals surface area contributed by atoms with Gasteiger partial charge in [-0.05, 0) is 60.6 Å². The number of rotatable bonds is 6. The predicted octanol–water partition coefficient (Wildman–Crippen LogP) is 2.83. The van der Waals surface area contributed by atoms with Crippen molar-refractivity contribution in [1.29, 1.82) is 0 Å². The molecular formula is C12H16ClIN2O2S. The van der Waals surface area contributed by atoms with Gasteiger partial charge in [-0.15, -0.1) is 0 Å². The van der Waals surface area contributed by atoms with Gasteiger partial charge in [-0.25, -0.2) is 8.42 Å². The maximum absolute atomic E-state index is 12.2. The van der Waals surface area contributed by atoms with E-state index in [1.54, 1.807) is 25.1 Å². The molecule has 4 nitrogen and oxygen atoms in total. The molecule has 0 spiro atoms. The highest BCUT2D eigenvalue weighted by Crippen LogP contribution is 2.24. The highest BCUT2D eigenvalue weighted by molar-refractivity contribution is 14.1. The van der Waals surface area contributed by atoms with Crippen LogP contribution in [0.4, 0.5) is 5.69 Å². The minimum Gasteiger partial charge on any atom is -0.313 e. The smallest absolute Gasteiger partial charge is 0.236 e. The summed E-state index contributed by atoms with van der Waals surface area (Å²) < 4.78 is 27.8. The molecule has 1 aliphatic carbocycles. The van der Waals surface area contributed by atoms with Crippen LogP contribution in [0.2, 0.25) is 5.02 Å². The lowest BCUT2D eigenvalue weighted by Crippen LogP contribution is -2.35. The summed E-state index contributed by atoms with van der Waals surface area (Å²) in [6.07, 6.45) is 2.30. The summed E-state index contributed by atoms with van der Waals surface area (Å²) >= 11 is 7.91. The van der Waals surface area contributed by atoms with E-state index in [1.165, 1.54) is 0 Å². The van der Waals surface area contributed by atoms with Crippen LogP contribution in [0.25, 0.3) is 0 Å². The number of anilines is 1. The Hall–Kier alpha value is -0.0500. The Morgan fingerprint density at radius 3 is 2.74 bits per heavy atom. The first-order valence-electron chi connectivity index (χ1n) is 6.08. The molecule has 0 saturated heterocycles. The fourth-order valence-corrected chi connectivity index (χ4v) is 3.75. The van der Waals surface area contributed by atoms with Gasteiger partial charge in [-0.2, -0.15) is 0 Å². The van der Waals surface area contributed by atoms with Crippen molar-refractivity contribution in [3.8, 4) is 0 Å². The lowest BCUT2D eigenvalue weighted by molar-refractivity contribution is 0.576. The third kappa shape index (κ3) is 4.47. The van der Waals surface area contributed by atoms with Gasteiger partial charge >= 0.3 is 0 Å². The van der Waals surface area contributed by atoms with Gasteiger partial charge in [0.25, 0.3) is 0 Å². The molecule has 1 saturated carbocycles. The van der Waals surface area contributed by atoms with Gasteiger partial charge in [0.1, 0.15) is 0 Å². The van der Waals surface area contributed by atoms with E-state index < -0.39 is 15.3 Å². The minimum atomic E-state index is -3.38. The average Bonchev–Trinajstić information content (AvgIpc) is 3.13. The summed E-state index contributed by atoms with van der Waals surface area (Å²) in [5.74, 6) is 0. The number of halogens is 2. The first-order chi connectivity index (χ1) is 8.88. The Labute approximate surface area is 132 Å². The van der Waals surface area contributed by atoms with Crippen LogP contribution < -0.4 is 10.0 Å². The summed E-state index contributed by atoms with van der Waals surface area (Å²) in [6.45, 7) is 2.19. The Balaban J connectivity index is 2.02. The summed E-state index contributed by atoms with van der Waals surface area (Å²) in [4.78, 5) is 0. The quantitative estimate of drug-likeness (QED) is 0.704. The number of benzene rings is 1. The number of hydrogen-bond acceptors (Lipinski definition) is 3. The van der Waals surface area contributed by atoms with Gasteiger partial charge in [0, 0.05) is 21.2 Å². The summed E-state index contributed by atoms with van der Waals surface area (Å²) in [5.41, 5.74) is 0.572. The third-order valence-corrected chi connectivity index (χ3v) is 5.84. The molecule has 1 aliphatic rings. The van der Waals surface area contributed by atoms with E-state index in [1.807, 2.05) is 0 Å². The standard InChI is InChI=1S/C12H16ClIN2O2S/c1-8(7-15-10-3-4-10)19(17,18)16-12-5-2-9(13)6-11(12)14/h2,5-6,8,10,15-16H,3-4,7H2,1H3. The largest absolute Gasteiger partial charge is 0.313 e. The van der Waals surface area contributed by atoms with Crippen molar-refractivity contribution in [1.82, 2.24) is 5.32 Å². The van der Waals surface area contributed by atoms with Crippen LogP contribution in [-0.4, -0.2) is 26.3 Å². The molecule has 19 heavy (non-hydrogen) atoms. The first kappa shape index (κ1) is 15.3. The van der Waals surface area contributed by atoms with Gasteiger partial charge in [0.2, 0.25) is 10.0 Å². The topological polar surface area (TPSA) is 58.2 Å². The molecule has 0 heterocycles. The minimum absolute atomic E-state index is 0.473. The summed E-state index contributed by atoms with van der Waals surface area (Å²) in [6, 6.07) is 5.60. The van der Waals surface area contributed by atoms with E-state index in [2.05, 4.69) is 32.6 Å². The van der Waals surface area contributed by atoms with Crippen LogP contribution >= 0.6 is 34.2 Å². The van der Waals surface area contributed by atoms with Crippen molar-refractivity contribution < 1.29 is 8.42 Å². The SMILES string of the molecule is CC(CNC1CC1)S(=O)(=O)Nc1ccc(Cl)cc1I. The van der Waals surface area contributed by atoms with E-state index in [0.717, 1.165) is 16.4 Å². The predicted molar refractivity (Wildman–Crippen MR) is 87.2 cm³/mol. The molecule has 1 unspecified atom stereocenters. The Morgan fingerprint density at radius 1 is 1.47 bits per heavy atom. The summed E-state index contributed by atoms with van der Waals surface area (Å²) in [5, 5.41) is 3.35. The maximum Gasteiger partial charge on any atom is 0.236 e. The highest BCUT2D eigenvalue weighted by atomic mass is 127. The van der Waals surface area contributed by atoms with Crippen LogP contribution in [0.1, 0.15) is 19.8 Å². The second-order valence-corrected chi connectivity index (χ2v) is 8.46. The highest BCUT2D eigenvalue weighted by Gasteiger charge is 2.26. The molecule has 2 N–H and O–H groups in total. The lowest BCUT2D eigenvalue weighted by atomic mass is 10.3. The Kier molecular flexibility index (Phi) is 4.97. The van der Waals surface area contributed by atoms with Crippen molar-refractivity contribution in [2.75, 3.05) is 11.3 Å². The molecule has 0 aliphatic heterocycles. The normalized spacial score (nSPS) is 17.2. The molecule has 0 aromatic heterocycles. The average molecular weight is 415 g/mol. The number of hydrogen-bond donors (Lipinski definition) is 2. The van der Waals surface area contributed by atoms with E-state index in [9.17, 15) is 8.42 Å². The Bertz CT molecular complexity index is 561. The second-order valence-electron chi connectivity index (χ2n) is 4.76. The maximum atomic E-state index is 12.2. The zero-order valence-corrected chi connectivity index (χ0v) is 14.2. The van der Waals surface area contributed by atoms with Crippen LogP contribution in [0.3, 0.4) is 0 Å². The molecule has 2 rings (SSSR count). The van der Waals surface area contributed by atoms with Gasteiger partial charge < -0.3 is 5.32 Å². The molecule has 0 amide bonds. The molecule has 1 fully saturated rings. The van der Waals surface area contributed by atoms with Gasteiger partial charge in [0.05, 0.1) is 10.9 Å². The van der Waals surface area contributed by atoms with Crippen LogP contribution in [0.15, 0.2) is 18.2 Å². The number of nitrogens with one attached hydrogen (secondary N) is 2.